The Labute approximate surface area is 113 Å². The summed E-state index contributed by atoms with van der Waals surface area (Å²) in [5, 5.41) is 1.12. The number of rotatable bonds is 7. The van der Waals surface area contributed by atoms with Gasteiger partial charge in [-0.15, -0.1) is 0 Å². The third kappa shape index (κ3) is 5.13. The predicted octanol–water partition coefficient (Wildman–Crippen LogP) is 1.09. The standard InChI is InChI=1S/C13H17BN2O3/c1-16(19-2)13(17)12(15-10-14-18)9-8-11-6-4-3-5-7-11/h3-7,10,12H,8-9H2,1-2H3/b15-10-/t12-/m0/s1. The average molecular weight is 260 g/mol. The van der Waals surface area contributed by atoms with Gasteiger partial charge in [0.15, 0.2) is 0 Å². The van der Waals surface area contributed by atoms with Gasteiger partial charge in [0.2, 0.25) is 0 Å². The maximum atomic E-state index is 12.0. The molecule has 0 saturated carbocycles. The Morgan fingerprint density at radius 1 is 1.47 bits per heavy atom. The van der Waals surface area contributed by atoms with E-state index in [2.05, 4.69) is 4.99 Å². The normalized spacial score (nSPS) is 12.1. The van der Waals surface area contributed by atoms with Crippen molar-refractivity contribution < 1.29 is 14.3 Å². The van der Waals surface area contributed by atoms with Gasteiger partial charge in [-0.3, -0.25) is 0 Å². The van der Waals surface area contributed by atoms with Crippen LogP contribution in [0.1, 0.15) is 12.0 Å². The molecule has 1 aromatic rings. The van der Waals surface area contributed by atoms with Gasteiger partial charge in [-0.05, 0) is 0 Å². The zero-order valence-corrected chi connectivity index (χ0v) is 11.2. The Hall–Kier alpha value is -1.82. The van der Waals surface area contributed by atoms with Crippen LogP contribution in [0.25, 0.3) is 0 Å². The van der Waals surface area contributed by atoms with Crippen LogP contribution in [0.2, 0.25) is 0 Å². The number of aliphatic imine (C=N–C) groups is 1. The number of nitrogens with zero attached hydrogens (tertiary/aromatic N) is 2. The Kier molecular flexibility index (Phi) is 6.67. The van der Waals surface area contributed by atoms with E-state index >= 15 is 0 Å². The Morgan fingerprint density at radius 2 is 2.16 bits per heavy atom. The Bertz CT molecular complexity index is 437. The first-order chi connectivity index (χ1) is 9.19. The quantitative estimate of drug-likeness (QED) is 0.419. The molecule has 0 heterocycles. The van der Waals surface area contributed by atoms with Crippen molar-refractivity contribution in [2.24, 2.45) is 4.99 Å². The SMILES string of the molecule is CON(C)C(=O)[C@H](CCc1ccccc1)/N=C\B=O. The van der Waals surface area contributed by atoms with Gasteiger partial charge >= 0.3 is 112 Å². The van der Waals surface area contributed by atoms with E-state index in [1.165, 1.54) is 14.2 Å². The van der Waals surface area contributed by atoms with Crippen molar-refractivity contribution in [1.29, 1.82) is 0 Å². The minimum atomic E-state index is -0.602. The number of hydroxylamine groups is 2. The third-order valence-corrected chi connectivity index (χ3v) is 2.75. The van der Waals surface area contributed by atoms with Crippen LogP contribution < -0.4 is 0 Å². The van der Waals surface area contributed by atoms with Crippen molar-refractivity contribution in [3.05, 3.63) is 35.9 Å². The fourth-order valence-electron chi connectivity index (χ4n) is 1.65. The van der Waals surface area contributed by atoms with Gasteiger partial charge in [-0.2, -0.15) is 0 Å². The molecular formula is C13H17BN2O3. The third-order valence-electron chi connectivity index (χ3n) is 2.75. The van der Waals surface area contributed by atoms with Crippen LogP contribution in [0.3, 0.4) is 0 Å². The number of benzene rings is 1. The first-order valence-corrected chi connectivity index (χ1v) is 6.01. The van der Waals surface area contributed by atoms with Crippen LogP contribution in [0.15, 0.2) is 35.3 Å². The molecule has 0 fully saturated rings. The molecule has 0 bridgehead atoms. The summed E-state index contributed by atoms with van der Waals surface area (Å²) < 4.78 is 10.3. The zero-order chi connectivity index (χ0) is 14.1. The number of carbonyl (C=O) groups excluding carboxylic acids is 1. The summed E-state index contributed by atoms with van der Waals surface area (Å²) in [5.74, 6) is -0.267. The van der Waals surface area contributed by atoms with E-state index in [4.69, 9.17) is 4.84 Å². The monoisotopic (exact) mass is 260 g/mol. The van der Waals surface area contributed by atoms with E-state index in [0.717, 1.165) is 16.7 Å². The second-order valence-corrected chi connectivity index (χ2v) is 3.99. The molecule has 1 rings (SSSR count). The molecule has 0 aliphatic heterocycles. The molecule has 0 spiro atoms. The minimum absolute atomic E-state index is 0.267. The summed E-state index contributed by atoms with van der Waals surface area (Å²) in [5.41, 5.74) is 1.13. The van der Waals surface area contributed by atoms with E-state index in [1.807, 2.05) is 30.3 Å². The summed E-state index contributed by atoms with van der Waals surface area (Å²) in [4.78, 5) is 20.8. The van der Waals surface area contributed by atoms with Crippen molar-refractivity contribution in [2.45, 2.75) is 18.9 Å². The van der Waals surface area contributed by atoms with Gasteiger partial charge < -0.3 is 0 Å². The summed E-state index contributed by atoms with van der Waals surface area (Å²) >= 11 is 0. The van der Waals surface area contributed by atoms with Crippen molar-refractivity contribution in [3.63, 3.8) is 0 Å². The first kappa shape index (κ1) is 15.2. The topological polar surface area (TPSA) is 59.0 Å². The van der Waals surface area contributed by atoms with Crippen molar-refractivity contribution >= 4 is 19.2 Å². The second kappa shape index (κ2) is 8.32. The van der Waals surface area contributed by atoms with Crippen LogP contribution in [0, 0.1) is 0 Å². The molecule has 100 valence electrons. The number of carbonyl (C=O) groups is 1. The van der Waals surface area contributed by atoms with E-state index in [1.54, 1.807) is 0 Å². The van der Waals surface area contributed by atoms with Crippen LogP contribution in [-0.4, -0.2) is 44.4 Å². The van der Waals surface area contributed by atoms with Gasteiger partial charge in [0.1, 0.15) is 0 Å². The summed E-state index contributed by atoms with van der Waals surface area (Å²) in [6, 6.07) is 9.21. The second-order valence-electron chi connectivity index (χ2n) is 3.99. The fraction of sp³-hybridized carbons (Fsp3) is 0.385. The molecule has 1 amide bonds. The Morgan fingerprint density at radius 3 is 2.74 bits per heavy atom. The average Bonchev–Trinajstić information content (AvgIpc) is 2.47. The van der Waals surface area contributed by atoms with Crippen LogP contribution in [-0.2, 0) is 20.8 Å². The van der Waals surface area contributed by atoms with Crippen molar-refractivity contribution in [2.75, 3.05) is 14.2 Å². The number of hydrogen-bond donors (Lipinski definition) is 0. The van der Waals surface area contributed by atoms with Gasteiger partial charge in [0.05, 0.1) is 0 Å². The molecule has 5 nitrogen and oxygen atoms in total. The van der Waals surface area contributed by atoms with E-state index in [9.17, 15) is 9.50 Å². The Balaban J connectivity index is 2.67. The van der Waals surface area contributed by atoms with E-state index < -0.39 is 6.04 Å². The molecule has 1 aromatic carbocycles. The van der Waals surface area contributed by atoms with Gasteiger partial charge in [-0.25, -0.2) is 0 Å². The zero-order valence-electron chi connectivity index (χ0n) is 11.2. The molecule has 0 radical (unpaired) electrons. The molecule has 0 aromatic heterocycles. The molecular weight excluding hydrogens is 243 g/mol. The molecule has 1 atom stereocenters. The summed E-state index contributed by atoms with van der Waals surface area (Å²) in [7, 11) is 3.50. The molecule has 0 N–H and O–H groups in total. The summed E-state index contributed by atoms with van der Waals surface area (Å²) in [6.07, 6.45) is 2.35. The summed E-state index contributed by atoms with van der Waals surface area (Å²) in [6.45, 7) is 0. The van der Waals surface area contributed by atoms with Crippen LogP contribution in [0.5, 0.6) is 0 Å². The number of hydrogen-bond acceptors (Lipinski definition) is 4. The van der Waals surface area contributed by atoms with Gasteiger partial charge in [0, 0.05) is 0 Å². The van der Waals surface area contributed by atoms with Crippen molar-refractivity contribution in [1.82, 2.24) is 5.06 Å². The van der Waals surface area contributed by atoms with Crippen LogP contribution in [0.4, 0.5) is 0 Å². The first-order valence-electron chi connectivity index (χ1n) is 6.01. The van der Waals surface area contributed by atoms with E-state index in [-0.39, 0.29) is 5.91 Å². The number of amides is 1. The number of aryl methyl sites for hydroxylation is 1. The van der Waals surface area contributed by atoms with Crippen LogP contribution >= 0.6 is 0 Å². The van der Waals surface area contributed by atoms with Gasteiger partial charge in [-0.1, -0.05) is 0 Å². The molecule has 0 aliphatic carbocycles. The van der Waals surface area contributed by atoms with Gasteiger partial charge in [0.25, 0.3) is 0 Å². The molecule has 0 unspecified atom stereocenters. The maximum absolute atomic E-state index is 12.0. The predicted molar refractivity (Wildman–Crippen MR) is 73.3 cm³/mol. The van der Waals surface area contributed by atoms with E-state index in [0.29, 0.717) is 20.0 Å². The van der Waals surface area contributed by atoms with Crippen molar-refractivity contribution in [3.8, 4) is 0 Å². The molecule has 0 aliphatic rings. The molecule has 6 heteroatoms. The molecule has 0 saturated heterocycles. The fourth-order valence-corrected chi connectivity index (χ4v) is 1.65. The number of likely N-dealkylation sites (N-methyl/N-ethyl adjacent to an activating group) is 1. The molecule has 19 heavy (non-hydrogen) atoms.